The van der Waals surface area contributed by atoms with Gasteiger partial charge in [0.05, 0.1) is 6.61 Å². The quantitative estimate of drug-likeness (QED) is 0.361. The van der Waals surface area contributed by atoms with Crippen LogP contribution < -0.4 is 0 Å². The summed E-state index contributed by atoms with van der Waals surface area (Å²) in [5.74, 6) is -1.05. The highest BCUT2D eigenvalue weighted by molar-refractivity contribution is 7.98. The highest BCUT2D eigenvalue weighted by Crippen LogP contribution is 2.16. The van der Waals surface area contributed by atoms with Crippen LogP contribution in [-0.2, 0) is 4.74 Å². The summed E-state index contributed by atoms with van der Waals surface area (Å²) in [5, 5.41) is 0.405. The average Bonchev–Trinajstić information content (AvgIpc) is 2.54. The number of hydrogen-bond donors (Lipinski definition) is 0. The summed E-state index contributed by atoms with van der Waals surface area (Å²) >= 11 is 1.28. The lowest BCUT2D eigenvalue weighted by Gasteiger charge is -2.07. The van der Waals surface area contributed by atoms with Crippen molar-refractivity contribution in [2.45, 2.75) is 12.1 Å². The smallest absolute Gasteiger partial charge is 0.342 e. The van der Waals surface area contributed by atoms with E-state index in [-0.39, 0.29) is 23.6 Å². The second-order valence-electron chi connectivity index (χ2n) is 3.88. The molecule has 2 aromatic heterocycles. The highest BCUT2D eigenvalue weighted by atomic mass is 32.2. The molecule has 0 bridgehead atoms. The SMILES string of the molecule is CCOC(=O)c1cnc(SC)nc1C(=O)c1ccccn1. The first-order valence-corrected chi connectivity index (χ1v) is 7.43. The molecular formula is C14H13N3O3S. The molecule has 0 aliphatic heterocycles. The van der Waals surface area contributed by atoms with E-state index in [2.05, 4.69) is 15.0 Å². The minimum absolute atomic E-state index is 0.00602. The van der Waals surface area contributed by atoms with Crippen LogP contribution in [-0.4, -0.2) is 39.6 Å². The van der Waals surface area contributed by atoms with Crippen molar-refractivity contribution in [2.75, 3.05) is 12.9 Å². The van der Waals surface area contributed by atoms with Gasteiger partial charge in [-0.2, -0.15) is 0 Å². The number of esters is 1. The minimum atomic E-state index is -0.621. The largest absolute Gasteiger partial charge is 0.462 e. The summed E-state index contributed by atoms with van der Waals surface area (Å²) in [6, 6.07) is 4.97. The maximum atomic E-state index is 12.5. The maximum Gasteiger partial charge on any atom is 0.342 e. The van der Waals surface area contributed by atoms with Crippen molar-refractivity contribution in [1.82, 2.24) is 15.0 Å². The fourth-order valence-corrected chi connectivity index (χ4v) is 1.95. The number of rotatable bonds is 5. The van der Waals surface area contributed by atoms with E-state index < -0.39 is 11.8 Å². The number of nitrogens with zero attached hydrogens (tertiary/aromatic N) is 3. The van der Waals surface area contributed by atoms with Crippen LogP contribution in [0.2, 0.25) is 0 Å². The molecule has 0 aromatic carbocycles. The molecule has 21 heavy (non-hydrogen) atoms. The Morgan fingerprint density at radius 2 is 2.10 bits per heavy atom. The average molecular weight is 303 g/mol. The lowest BCUT2D eigenvalue weighted by Crippen LogP contribution is -2.16. The fraction of sp³-hybridized carbons (Fsp3) is 0.214. The third kappa shape index (κ3) is 3.43. The standard InChI is InChI=1S/C14H13N3O3S/c1-3-20-13(19)9-8-16-14(21-2)17-11(9)12(18)10-6-4-5-7-15-10/h4-8H,3H2,1-2H3. The lowest BCUT2D eigenvalue weighted by atomic mass is 10.1. The van der Waals surface area contributed by atoms with Gasteiger partial charge in [-0.1, -0.05) is 17.8 Å². The molecule has 0 radical (unpaired) electrons. The molecule has 0 unspecified atom stereocenters. The lowest BCUT2D eigenvalue weighted by molar-refractivity contribution is 0.0522. The molecule has 0 fully saturated rings. The van der Waals surface area contributed by atoms with E-state index in [9.17, 15) is 9.59 Å². The molecule has 0 atom stereocenters. The van der Waals surface area contributed by atoms with Crippen molar-refractivity contribution in [1.29, 1.82) is 0 Å². The summed E-state index contributed by atoms with van der Waals surface area (Å²) in [4.78, 5) is 36.5. The zero-order chi connectivity index (χ0) is 15.2. The first-order chi connectivity index (χ1) is 10.2. The Bertz CT molecular complexity index is 662. The molecule has 0 aliphatic rings. The summed E-state index contributed by atoms with van der Waals surface area (Å²) in [6.07, 6.45) is 4.61. The number of aromatic nitrogens is 3. The molecule has 108 valence electrons. The van der Waals surface area contributed by atoms with Crippen molar-refractivity contribution in [3.05, 3.63) is 47.5 Å². The van der Waals surface area contributed by atoms with E-state index in [1.807, 2.05) is 0 Å². The van der Waals surface area contributed by atoms with Crippen LogP contribution in [0.15, 0.2) is 35.7 Å². The van der Waals surface area contributed by atoms with Crippen molar-refractivity contribution >= 4 is 23.5 Å². The van der Waals surface area contributed by atoms with Crippen LogP contribution in [0.5, 0.6) is 0 Å². The van der Waals surface area contributed by atoms with Gasteiger partial charge in [-0.3, -0.25) is 9.78 Å². The Morgan fingerprint density at radius 3 is 2.71 bits per heavy atom. The molecule has 2 aromatic rings. The summed E-state index contributed by atoms with van der Waals surface area (Å²) < 4.78 is 4.93. The number of ether oxygens (including phenoxy) is 1. The number of hydrogen-bond acceptors (Lipinski definition) is 7. The van der Waals surface area contributed by atoms with Crippen molar-refractivity contribution in [3.8, 4) is 0 Å². The van der Waals surface area contributed by atoms with Gasteiger partial charge in [0.2, 0.25) is 5.78 Å². The van der Waals surface area contributed by atoms with Gasteiger partial charge >= 0.3 is 5.97 Å². The fourth-order valence-electron chi connectivity index (χ4n) is 1.61. The zero-order valence-corrected chi connectivity index (χ0v) is 12.4. The third-order valence-electron chi connectivity index (χ3n) is 2.56. The van der Waals surface area contributed by atoms with Gasteiger partial charge in [0.1, 0.15) is 17.0 Å². The second-order valence-corrected chi connectivity index (χ2v) is 4.66. The number of ketones is 1. The van der Waals surface area contributed by atoms with E-state index in [4.69, 9.17) is 4.74 Å². The maximum absolute atomic E-state index is 12.5. The minimum Gasteiger partial charge on any atom is -0.462 e. The molecule has 2 rings (SSSR count). The summed E-state index contributed by atoms with van der Waals surface area (Å²) in [5.41, 5.74) is 0.269. The zero-order valence-electron chi connectivity index (χ0n) is 11.6. The van der Waals surface area contributed by atoms with Gasteiger partial charge in [0, 0.05) is 12.4 Å². The van der Waals surface area contributed by atoms with Gasteiger partial charge in [0.15, 0.2) is 5.16 Å². The van der Waals surface area contributed by atoms with Crippen LogP contribution in [0.1, 0.15) is 33.5 Å². The third-order valence-corrected chi connectivity index (χ3v) is 3.12. The van der Waals surface area contributed by atoms with Crippen LogP contribution in [0, 0.1) is 0 Å². The Morgan fingerprint density at radius 1 is 1.29 bits per heavy atom. The molecule has 0 amide bonds. The monoisotopic (exact) mass is 303 g/mol. The molecule has 2 heterocycles. The normalized spacial score (nSPS) is 10.2. The molecule has 7 heteroatoms. The first-order valence-electron chi connectivity index (χ1n) is 6.21. The molecule has 0 aliphatic carbocycles. The van der Waals surface area contributed by atoms with Crippen molar-refractivity contribution in [3.63, 3.8) is 0 Å². The van der Waals surface area contributed by atoms with Crippen molar-refractivity contribution < 1.29 is 14.3 Å². The summed E-state index contributed by atoms with van der Waals surface area (Å²) in [7, 11) is 0. The Balaban J connectivity index is 2.49. The number of pyridine rings is 1. The first kappa shape index (κ1) is 15.1. The van der Waals surface area contributed by atoms with Gasteiger partial charge in [-0.25, -0.2) is 14.8 Å². The molecule has 0 spiro atoms. The van der Waals surface area contributed by atoms with E-state index in [1.165, 1.54) is 24.2 Å². The van der Waals surface area contributed by atoms with Gasteiger partial charge in [0.25, 0.3) is 0 Å². The number of thioether (sulfide) groups is 1. The van der Waals surface area contributed by atoms with Gasteiger partial charge in [-0.05, 0) is 25.3 Å². The highest BCUT2D eigenvalue weighted by Gasteiger charge is 2.23. The Hall–Kier alpha value is -2.28. The van der Waals surface area contributed by atoms with E-state index in [1.54, 1.807) is 31.4 Å². The second kappa shape index (κ2) is 6.94. The molecule has 0 N–H and O–H groups in total. The van der Waals surface area contributed by atoms with Crippen molar-refractivity contribution in [2.24, 2.45) is 0 Å². The number of carbonyl (C=O) groups is 2. The van der Waals surface area contributed by atoms with Crippen LogP contribution in [0.25, 0.3) is 0 Å². The number of carbonyl (C=O) groups excluding carboxylic acids is 2. The van der Waals surface area contributed by atoms with Crippen LogP contribution in [0.3, 0.4) is 0 Å². The molecular weight excluding hydrogens is 290 g/mol. The van der Waals surface area contributed by atoms with Crippen LogP contribution in [0.4, 0.5) is 0 Å². The summed E-state index contributed by atoms with van der Waals surface area (Å²) in [6.45, 7) is 1.90. The van der Waals surface area contributed by atoms with Gasteiger partial charge < -0.3 is 4.74 Å². The Kier molecular flexibility index (Phi) is 4.99. The Labute approximate surface area is 126 Å². The predicted molar refractivity (Wildman–Crippen MR) is 77.4 cm³/mol. The van der Waals surface area contributed by atoms with Crippen LogP contribution >= 0.6 is 11.8 Å². The molecule has 6 nitrogen and oxygen atoms in total. The predicted octanol–water partition coefficient (Wildman–Crippen LogP) is 2.00. The molecule has 0 saturated heterocycles. The topological polar surface area (TPSA) is 82.0 Å². The molecule has 0 saturated carbocycles. The van der Waals surface area contributed by atoms with Gasteiger partial charge in [-0.15, -0.1) is 0 Å². The van der Waals surface area contributed by atoms with E-state index in [0.717, 1.165) is 0 Å². The van der Waals surface area contributed by atoms with E-state index >= 15 is 0 Å². The van der Waals surface area contributed by atoms with E-state index in [0.29, 0.717) is 5.16 Å².